The summed E-state index contributed by atoms with van der Waals surface area (Å²) >= 11 is 0. The van der Waals surface area contributed by atoms with E-state index in [9.17, 15) is 4.79 Å². The number of carbonyl (C=O) groups excluding carboxylic acids is 1. The molecule has 1 saturated carbocycles. The Morgan fingerprint density at radius 3 is 2.62 bits per heavy atom. The van der Waals surface area contributed by atoms with Gasteiger partial charge in [0, 0.05) is 24.4 Å². The van der Waals surface area contributed by atoms with Crippen molar-refractivity contribution in [2.24, 2.45) is 5.92 Å². The molecule has 0 aromatic carbocycles. The molecule has 1 amide bonds. The van der Waals surface area contributed by atoms with Crippen LogP contribution in [0, 0.1) is 5.92 Å². The second-order valence-corrected chi connectivity index (χ2v) is 8.83. The van der Waals surface area contributed by atoms with Crippen molar-refractivity contribution in [3.63, 3.8) is 0 Å². The van der Waals surface area contributed by atoms with Gasteiger partial charge in [-0.3, -0.25) is 4.79 Å². The number of amides is 1. The predicted molar refractivity (Wildman–Crippen MR) is 99.8 cm³/mol. The van der Waals surface area contributed by atoms with Crippen molar-refractivity contribution < 1.29 is 9.32 Å². The normalized spacial score (nSPS) is 22.8. The average molecular weight is 357 g/mol. The minimum Gasteiger partial charge on any atom is -0.341 e. The topological polar surface area (TPSA) is 59.2 Å². The SMILES string of the molecule is CC(C)(C1=CCCCC1)c1noc(C2CN(C(=O)C3CCCCC3)C2)n1. The predicted octanol–water partition coefficient (Wildman–Crippen LogP) is 4.35. The molecule has 1 aromatic heterocycles. The summed E-state index contributed by atoms with van der Waals surface area (Å²) in [6.07, 6.45) is 13.0. The zero-order valence-electron chi connectivity index (χ0n) is 16.2. The van der Waals surface area contributed by atoms with Crippen LogP contribution in [0.5, 0.6) is 0 Å². The van der Waals surface area contributed by atoms with Gasteiger partial charge in [0.25, 0.3) is 0 Å². The first-order valence-electron chi connectivity index (χ1n) is 10.4. The van der Waals surface area contributed by atoms with Crippen molar-refractivity contribution in [2.45, 2.75) is 83.0 Å². The highest BCUT2D eigenvalue weighted by Gasteiger charge is 2.39. The fourth-order valence-corrected chi connectivity index (χ4v) is 4.63. The van der Waals surface area contributed by atoms with Crippen LogP contribution in [0.4, 0.5) is 0 Å². The van der Waals surface area contributed by atoms with Crippen LogP contribution in [0.2, 0.25) is 0 Å². The van der Waals surface area contributed by atoms with E-state index in [0.29, 0.717) is 11.8 Å². The highest BCUT2D eigenvalue weighted by atomic mass is 16.5. The van der Waals surface area contributed by atoms with Gasteiger partial charge in [0.15, 0.2) is 5.82 Å². The molecule has 26 heavy (non-hydrogen) atoms. The first-order valence-corrected chi connectivity index (χ1v) is 10.4. The molecule has 0 atom stereocenters. The van der Waals surface area contributed by atoms with Gasteiger partial charge in [0.1, 0.15) is 0 Å². The zero-order valence-corrected chi connectivity index (χ0v) is 16.2. The molecule has 2 aliphatic carbocycles. The maximum atomic E-state index is 12.6. The number of allylic oxidation sites excluding steroid dienone is 2. The summed E-state index contributed by atoms with van der Waals surface area (Å²) < 4.78 is 5.59. The van der Waals surface area contributed by atoms with E-state index < -0.39 is 0 Å². The lowest BCUT2D eigenvalue weighted by molar-refractivity contribution is -0.141. The maximum Gasteiger partial charge on any atom is 0.233 e. The molecule has 0 bridgehead atoms. The zero-order chi connectivity index (χ0) is 18.1. The van der Waals surface area contributed by atoms with E-state index in [-0.39, 0.29) is 17.3 Å². The molecule has 3 aliphatic rings. The van der Waals surface area contributed by atoms with E-state index >= 15 is 0 Å². The summed E-state index contributed by atoms with van der Waals surface area (Å²) in [4.78, 5) is 19.3. The molecule has 0 unspecified atom stereocenters. The van der Waals surface area contributed by atoms with E-state index in [4.69, 9.17) is 9.51 Å². The van der Waals surface area contributed by atoms with Gasteiger partial charge in [0.2, 0.25) is 11.8 Å². The van der Waals surface area contributed by atoms with Crippen molar-refractivity contribution in [1.29, 1.82) is 0 Å². The third-order valence-corrected chi connectivity index (χ3v) is 6.59. The molecular weight excluding hydrogens is 326 g/mol. The van der Waals surface area contributed by atoms with E-state index in [1.54, 1.807) is 0 Å². The van der Waals surface area contributed by atoms with Crippen LogP contribution in [0.3, 0.4) is 0 Å². The molecule has 0 radical (unpaired) electrons. The Morgan fingerprint density at radius 2 is 1.92 bits per heavy atom. The number of hydrogen-bond acceptors (Lipinski definition) is 4. The Kier molecular flexibility index (Phi) is 4.89. The standard InChI is InChI=1S/C21H31N3O2/c1-21(2,17-11-7-4-8-12-17)20-22-18(26-23-20)16-13-24(14-16)19(25)15-9-5-3-6-10-15/h11,15-16H,3-10,12-14H2,1-2H3. The summed E-state index contributed by atoms with van der Waals surface area (Å²) in [7, 11) is 0. The Labute approximate surface area is 156 Å². The highest BCUT2D eigenvalue weighted by molar-refractivity contribution is 5.79. The van der Waals surface area contributed by atoms with Crippen molar-refractivity contribution >= 4 is 5.91 Å². The molecule has 4 rings (SSSR count). The number of likely N-dealkylation sites (tertiary alicyclic amines) is 1. The first kappa shape index (κ1) is 17.7. The molecular formula is C21H31N3O2. The summed E-state index contributed by atoms with van der Waals surface area (Å²) in [5, 5.41) is 4.30. The second kappa shape index (κ2) is 7.16. The van der Waals surface area contributed by atoms with Crippen LogP contribution in [0.1, 0.15) is 89.3 Å². The number of nitrogens with zero attached hydrogens (tertiary/aromatic N) is 3. The molecule has 2 fully saturated rings. The van der Waals surface area contributed by atoms with Crippen LogP contribution in [-0.4, -0.2) is 34.0 Å². The fourth-order valence-electron chi connectivity index (χ4n) is 4.63. The number of carbonyl (C=O) groups is 1. The maximum absolute atomic E-state index is 12.6. The van der Waals surface area contributed by atoms with E-state index in [1.165, 1.54) is 37.7 Å². The molecule has 0 spiro atoms. The quantitative estimate of drug-likeness (QED) is 0.752. The van der Waals surface area contributed by atoms with Crippen LogP contribution in [0.15, 0.2) is 16.2 Å². The smallest absolute Gasteiger partial charge is 0.233 e. The Balaban J connectivity index is 1.37. The van der Waals surface area contributed by atoms with Crippen LogP contribution in [-0.2, 0) is 10.2 Å². The van der Waals surface area contributed by atoms with Gasteiger partial charge >= 0.3 is 0 Å². The highest BCUT2D eigenvalue weighted by Crippen LogP contribution is 2.37. The summed E-state index contributed by atoms with van der Waals surface area (Å²) in [5.74, 6) is 2.29. The molecule has 1 aromatic rings. The Morgan fingerprint density at radius 1 is 1.15 bits per heavy atom. The lowest BCUT2D eigenvalue weighted by atomic mass is 9.78. The molecule has 5 nitrogen and oxygen atoms in total. The monoisotopic (exact) mass is 357 g/mol. The van der Waals surface area contributed by atoms with Crippen molar-refractivity contribution in [2.75, 3.05) is 13.1 Å². The minimum absolute atomic E-state index is 0.163. The van der Waals surface area contributed by atoms with Gasteiger partial charge in [-0.25, -0.2) is 0 Å². The van der Waals surface area contributed by atoms with Gasteiger partial charge in [0.05, 0.1) is 5.92 Å². The number of rotatable bonds is 4. The molecule has 2 heterocycles. The molecule has 142 valence electrons. The van der Waals surface area contributed by atoms with Gasteiger partial charge in [-0.15, -0.1) is 0 Å². The minimum atomic E-state index is -0.163. The third kappa shape index (κ3) is 3.33. The summed E-state index contributed by atoms with van der Waals surface area (Å²) in [5.41, 5.74) is 1.27. The summed E-state index contributed by atoms with van der Waals surface area (Å²) in [6, 6.07) is 0. The molecule has 5 heteroatoms. The average Bonchev–Trinajstić information content (AvgIpc) is 3.12. The van der Waals surface area contributed by atoms with E-state index in [0.717, 1.165) is 44.6 Å². The number of aromatic nitrogens is 2. The van der Waals surface area contributed by atoms with Gasteiger partial charge in [-0.1, -0.05) is 36.1 Å². The van der Waals surface area contributed by atoms with Crippen molar-refractivity contribution in [3.8, 4) is 0 Å². The Hall–Kier alpha value is -1.65. The summed E-state index contributed by atoms with van der Waals surface area (Å²) in [6.45, 7) is 5.86. The third-order valence-electron chi connectivity index (χ3n) is 6.59. The van der Waals surface area contributed by atoms with Gasteiger partial charge in [-0.05, 0) is 52.4 Å². The Bertz CT molecular complexity index is 679. The second-order valence-electron chi connectivity index (χ2n) is 8.83. The molecule has 1 aliphatic heterocycles. The lowest BCUT2D eigenvalue weighted by Crippen LogP contribution is -2.51. The first-order chi connectivity index (χ1) is 12.6. The molecule has 0 N–H and O–H groups in total. The van der Waals surface area contributed by atoms with Crippen molar-refractivity contribution in [1.82, 2.24) is 15.0 Å². The van der Waals surface area contributed by atoms with Gasteiger partial charge < -0.3 is 9.42 Å². The van der Waals surface area contributed by atoms with Gasteiger partial charge in [-0.2, -0.15) is 4.98 Å². The number of hydrogen-bond donors (Lipinski definition) is 0. The molecule has 1 saturated heterocycles. The fraction of sp³-hybridized carbons (Fsp3) is 0.762. The van der Waals surface area contributed by atoms with Crippen LogP contribution in [0.25, 0.3) is 0 Å². The van der Waals surface area contributed by atoms with Crippen LogP contribution >= 0.6 is 0 Å². The largest absolute Gasteiger partial charge is 0.341 e. The van der Waals surface area contributed by atoms with Crippen molar-refractivity contribution in [3.05, 3.63) is 23.4 Å². The van der Waals surface area contributed by atoms with E-state index in [1.807, 2.05) is 4.90 Å². The van der Waals surface area contributed by atoms with E-state index in [2.05, 4.69) is 25.1 Å². The lowest BCUT2D eigenvalue weighted by Gasteiger charge is -2.40. The van der Waals surface area contributed by atoms with Crippen LogP contribution < -0.4 is 0 Å².